The number of thiazole rings is 1. The molecule has 4 heterocycles. The Kier molecular flexibility index (Phi) is 5.64. The van der Waals surface area contributed by atoms with Gasteiger partial charge in [-0.1, -0.05) is 6.07 Å². The molecule has 0 aliphatic carbocycles. The van der Waals surface area contributed by atoms with Crippen molar-refractivity contribution in [1.29, 1.82) is 0 Å². The minimum atomic E-state index is -3.52. The van der Waals surface area contributed by atoms with E-state index in [1.54, 1.807) is 22.3 Å². The van der Waals surface area contributed by atoms with Crippen LogP contribution in [0.15, 0.2) is 28.5 Å². The van der Waals surface area contributed by atoms with Crippen LogP contribution < -0.4 is 0 Å². The molecule has 29 heavy (non-hydrogen) atoms. The van der Waals surface area contributed by atoms with Gasteiger partial charge in [-0.05, 0) is 38.3 Å². The molecule has 0 saturated carbocycles. The molecule has 1 aliphatic rings. The first kappa shape index (κ1) is 20.7. The third-order valence-electron chi connectivity index (χ3n) is 4.86. The highest BCUT2D eigenvalue weighted by atomic mass is 32.2. The lowest BCUT2D eigenvalue weighted by Crippen LogP contribution is -2.50. The van der Waals surface area contributed by atoms with Crippen molar-refractivity contribution in [2.24, 2.45) is 0 Å². The molecule has 4 rings (SSSR count). The lowest BCUT2D eigenvalue weighted by molar-refractivity contribution is 0.0702. The Morgan fingerprint density at radius 1 is 1.10 bits per heavy atom. The summed E-state index contributed by atoms with van der Waals surface area (Å²) < 4.78 is 27.4. The summed E-state index contributed by atoms with van der Waals surface area (Å²) in [6.45, 7) is 6.97. The van der Waals surface area contributed by atoms with E-state index < -0.39 is 10.0 Å². The molecule has 1 saturated heterocycles. The Hall–Kier alpha value is -1.59. The molecule has 0 bridgehead atoms. The maximum absolute atomic E-state index is 13.0. The third kappa shape index (κ3) is 3.91. The van der Waals surface area contributed by atoms with Crippen molar-refractivity contribution in [2.75, 3.05) is 26.2 Å². The Morgan fingerprint density at radius 2 is 1.83 bits per heavy atom. The first-order valence-electron chi connectivity index (χ1n) is 9.15. The van der Waals surface area contributed by atoms with Crippen LogP contribution in [0.3, 0.4) is 0 Å². The van der Waals surface area contributed by atoms with Crippen LogP contribution in [-0.4, -0.2) is 54.7 Å². The smallest absolute Gasteiger partial charge is 0.265 e. The highest BCUT2D eigenvalue weighted by Crippen LogP contribution is 2.32. The van der Waals surface area contributed by atoms with Crippen LogP contribution in [0.5, 0.6) is 0 Å². The number of aromatic nitrogens is 1. The second kappa shape index (κ2) is 7.92. The van der Waals surface area contributed by atoms with Gasteiger partial charge >= 0.3 is 0 Å². The quantitative estimate of drug-likeness (QED) is 0.581. The Morgan fingerprint density at radius 3 is 2.41 bits per heavy atom. The van der Waals surface area contributed by atoms with Gasteiger partial charge in [-0.3, -0.25) is 4.79 Å². The van der Waals surface area contributed by atoms with Gasteiger partial charge in [0.15, 0.2) is 0 Å². The molecule has 6 nitrogen and oxygen atoms in total. The number of sulfonamides is 1. The van der Waals surface area contributed by atoms with Crippen molar-refractivity contribution in [3.8, 4) is 9.88 Å². The van der Waals surface area contributed by atoms with E-state index in [9.17, 15) is 13.2 Å². The Balaban J connectivity index is 1.47. The molecule has 0 spiro atoms. The Labute approximate surface area is 182 Å². The van der Waals surface area contributed by atoms with Crippen LogP contribution in [0.25, 0.3) is 9.88 Å². The average Bonchev–Trinajstić information content (AvgIpc) is 3.41. The number of rotatable bonds is 4. The van der Waals surface area contributed by atoms with Gasteiger partial charge in [0.2, 0.25) is 10.0 Å². The summed E-state index contributed by atoms with van der Waals surface area (Å²) in [4.78, 5) is 23.2. The van der Waals surface area contributed by atoms with Gasteiger partial charge in [0.1, 0.15) is 9.88 Å². The number of aryl methyl sites for hydroxylation is 3. The number of carbonyl (C=O) groups excluding carboxylic acids is 1. The highest BCUT2D eigenvalue weighted by molar-refractivity contribution is 7.89. The standard InChI is InChI=1S/C19H21N3O3S4/c1-12-11-16(14(3)27-12)29(24,25)22-8-6-21(7-9-22)19(23)17-13(2)20-18(28-17)15-5-4-10-26-15/h4-5,10-11H,6-9H2,1-3H3. The topological polar surface area (TPSA) is 70.6 Å². The van der Waals surface area contributed by atoms with Crippen molar-refractivity contribution < 1.29 is 13.2 Å². The van der Waals surface area contributed by atoms with E-state index in [0.717, 1.165) is 25.3 Å². The van der Waals surface area contributed by atoms with Crippen LogP contribution in [-0.2, 0) is 10.0 Å². The number of carbonyl (C=O) groups is 1. The monoisotopic (exact) mass is 467 g/mol. The zero-order valence-corrected chi connectivity index (χ0v) is 19.6. The number of thiophene rings is 2. The summed E-state index contributed by atoms with van der Waals surface area (Å²) in [5.74, 6) is -0.0672. The zero-order valence-electron chi connectivity index (χ0n) is 16.3. The molecule has 3 aromatic rings. The van der Waals surface area contributed by atoms with E-state index in [0.29, 0.717) is 36.0 Å². The maximum Gasteiger partial charge on any atom is 0.265 e. The molecular formula is C19H21N3O3S4. The van der Waals surface area contributed by atoms with Gasteiger partial charge in [0.05, 0.1) is 15.5 Å². The predicted molar refractivity (Wildman–Crippen MR) is 119 cm³/mol. The van der Waals surface area contributed by atoms with Gasteiger partial charge in [-0.15, -0.1) is 34.0 Å². The normalized spacial score (nSPS) is 15.8. The fraction of sp³-hybridized carbons (Fsp3) is 0.368. The number of piperazine rings is 1. The highest BCUT2D eigenvalue weighted by Gasteiger charge is 2.33. The lowest BCUT2D eigenvalue weighted by atomic mass is 10.3. The summed E-state index contributed by atoms with van der Waals surface area (Å²) in [5, 5.41) is 2.84. The molecule has 154 valence electrons. The molecule has 3 aromatic heterocycles. The van der Waals surface area contributed by atoms with Crippen molar-refractivity contribution in [1.82, 2.24) is 14.2 Å². The SMILES string of the molecule is Cc1cc(S(=O)(=O)N2CCN(C(=O)c3sc(-c4cccs4)nc3C)CC2)c(C)s1. The van der Waals surface area contributed by atoms with Crippen molar-refractivity contribution >= 4 is 49.9 Å². The number of amides is 1. The van der Waals surface area contributed by atoms with E-state index >= 15 is 0 Å². The van der Waals surface area contributed by atoms with E-state index in [-0.39, 0.29) is 5.91 Å². The van der Waals surface area contributed by atoms with Gasteiger partial charge in [0, 0.05) is 35.9 Å². The molecule has 0 N–H and O–H groups in total. The lowest BCUT2D eigenvalue weighted by Gasteiger charge is -2.33. The van der Waals surface area contributed by atoms with Crippen molar-refractivity contribution in [3.05, 3.63) is 43.9 Å². The van der Waals surface area contributed by atoms with E-state index in [4.69, 9.17) is 0 Å². The number of hydrogen-bond donors (Lipinski definition) is 0. The van der Waals surface area contributed by atoms with Gasteiger partial charge in [-0.2, -0.15) is 4.31 Å². The Bertz CT molecular complexity index is 1140. The summed E-state index contributed by atoms with van der Waals surface area (Å²) in [5.41, 5.74) is 0.725. The summed E-state index contributed by atoms with van der Waals surface area (Å²) >= 11 is 4.49. The molecule has 0 unspecified atom stereocenters. The van der Waals surface area contributed by atoms with E-state index in [1.807, 2.05) is 38.3 Å². The largest absolute Gasteiger partial charge is 0.335 e. The van der Waals surface area contributed by atoms with Crippen LogP contribution in [0, 0.1) is 20.8 Å². The predicted octanol–water partition coefficient (Wildman–Crippen LogP) is 4.01. The summed E-state index contributed by atoms with van der Waals surface area (Å²) in [6, 6.07) is 5.70. The molecule has 1 fully saturated rings. The second-order valence-corrected chi connectivity index (χ2v) is 12.2. The summed E-state index contributed by atoms with van der Waals surface area (Å²) in [6.07, 6.45) is 0. The fourth-order valence-corrected chi connectivity index (χ4v) is 8.16. The number of hydrogen-bond acceptors (Lipinski definition) is 7. The van der Waals surface area contributed by atoms with Gasteiger partial charge in [0.25, 0.3) is 5.91 Å². The van der Waals surface area contributed by atoms with Crippen LogP contribution in [0.4, 0.5) is 0 Å². The van der Waals surface area contributed by atoms with E-state index in [2.05, 4.69) is 4.98 Å². The molecular weight excluding hydrogens is 446 g/mol. The first-order chi connectivity index (χ1) is 13.8. The maximum atomic E-state index is 13.0. The molecule has 1 amide bonds. The third-order valence-corrected chi connectivity index (χ3v) is 10.2. The average molecular weight is 468 g/mol. The van der Waals surface area contributed by atoms with Gasteiger partial charge < -0.3 is 4.90 Å². The molecule has 0 aromatic carbocycles. The van der Waals surface area contributed by atoms with Crippen molar-refractivity contribution in [2.45, 2.75) is 25.7 Å². The second-order valence-electron chi connectivity index (χ2n) is 6.88. The minimum Gasteiger partial charge on any atom is -0.335 e. The zero-order chi connectivity index (χ0) is 20.8. The van der Waals surface area contributed by atoms with Crippen LogP contribution >= 0.6 is 34.0 Å². The first-order valence-corrected chi connectivity index (χ1v) is 13.1. The van der Waals surface area contributed by atoms with Gasteiger partial charge in [-0.25, -0.2) is 13.4 Å². The van der Waals surface area contributed by atoms with Crippen LogP contribution in [0.1, 0.15) is 25.1 Å². The number of nitrogens with zero attached hydrogens (tertiary/aromatic N) is 3. The fourth-order valence-electron chi connectivity index (χ4n) is 3.38. The van der Waals surface area contributed by atoms with Crippen molar-refractivity contribution in [3.63, 3.8) is 0 Å². The summed E-state index contributed by atoms with van der Waals surface area (Å²) in [7, 11) is -3.52. The molecule has 10 heteroatoms. The molecule has 1 aliphatic heterocycles. The van der Waals surface area contributed by atoms with E-state index in [1.165, 1.54) is 27.0 Å². The molecule has 0 radical (unpaired) electrons. The minimum absolute atomic E-state index is 0.0672. The van der Waals surface area contributed by atoms with Crippen LogP contribution in [0.2, 0.25) is 0 Å². The molecule has 0 atom stereocenters.